The molecule has 2 N–H and O–H groups in total. The average molecular weight is 137 g/mol. The number of allylic oxidation sites excluding steroid dienone is 3. The molecule has 0 radical (unpaired) electrons. The van der Waals surface area contributed by atoms with Crippen LogP contribution in [0.4, 0.5) is 0 Å². The van der Waals surface area contributed by atoms with Crippen LogP contribution >= 0.6 is 0 Å². The van der Waals surface area contributed by atoms with Crippen LogP contribution in [-0.2, 0) is 0 Å². The van der Waals surface area contributed by atoms with Crippen LogP contribution in [0.3, 0.4) is 0 Å². The lowest BCUT2D eigenvalue weighted by atomic mass is 10.1. The SMILES string of the molecule is C=C/C=C(C)\C(=C/C)CN. The van der Waals surface area contributed by atoms with E-state index in [1.54, 1.807) is 6.08 Å². The van der Waals surface area contributed by atoms with Gasteiger partial charge in [-0.15, -0.1) is 0 Å². The van der Waals surface area contributed by atoms with Gasteiger partial charge in [0.05, 0.1) is 0 Å². The smallest absolute Gasteiger partial charge is 0.0177 e. The van der Waals surface area contributed by atoms with E-state index in [1.165, 1.54) is 11.1 Å². The Morgan fingerprint density at radius 2 is 2.20 bits per heavy atom. The van der Waals surface area contributed by atoms with Crippen molar-refractivity contribution in [2.45, 2.75) is 13.8 Å². The maximum Gasteiger partial charge on any atom is 0.0177 e. The van der Waals surface area contributed by atoms with Gasteiger partial charge in [0, 0.05) is 6.54 Å². The molecule has 0 amide bonds. The first kappa shape index (κ1) is 9.18. The van der Waals surface area contributed by atoms with Gasteiger partial charge < -0.3 is 5.73 Å². The van der Waals surface area contributed by atoms with E-state index >= 15 is 0 Å². The minimum atomic E-state index is 0.604. The molecule has 56 valence electrons. The molecule has 1 nitrogen and oxygen atoms in total. The first-order valence-electron chi connectivity index (χ1n) is 3.41. The average Bonchev–Trinajstić information content (AvgIpc) is 1.91. The fourth-order valence-corrected chi connectivity index (χ4v) is 0.790. The van der Waals surface area contributed by atoms with E-state index in [9.17, 15) is 0 Å². The lowest BCUT2D eigenvalue weighted by Gasteiger charge is -2.01. The normalized spacial score (nSPS) is 13.5. The van der Waals surface area contributed by atoms with E-state index < -0.39 is 0 Å². The molecule has 0 aromatic rings. The Labute approximate surface area is 62.9 Å². The van der Waals surface area contributed by atoms with Crippen molar-refractivity contribution in [2.24, 2.45) is 5.73 Å². The van der Waals surface area contributed by atoms with Crippen molar-refractivity contribution in [3.63, 3.8) is 0 Å². The Bertz CT molecular complexity index is 164. The van der Waals surface area contributed by atoms with Crippen LogP contribution in [0.5, 0.6) is 0 Å². The highest BCUT2D eigenvalue weighted by Crippen LogP contribution is 2.06. The van der Waals surface area contributed by atoms with E-state index in [0.29, 0.717) is 6.54 Å². The highest BCUT2D eigenvalue weighted by atomic mass is 14.5. The van der Waals surface area contributed by atoms with Crippen LogP contribution in [0.25, 0.3) is 0 Å². The van der Waals surface area contributed by atoms with Gasteiger partial charge in [-0.1, -0.05) is 24.8 Å². The third-order valence-corrected chi connectivity index (χ3v) is 1.44. The van der Waals surface area contributed by atoms with E-state index in [1.807, 2.05) is 26.0 Å². The van der Waals surface area contributed by atoms with Gasteiger partial charge in [0.15, 0.2) is 0 Å². The topological polar surface area (TPSA) is 26.0 Å². The molecule has 10 heavy (non-hydrogen) atoms. The maximum atomic E-state index is 5.47. The van der Waals surface area contributed by atoms with E-state index in [-0.39, 0.29) is 0 Å². The quantitative estimate of drug-likeness (QED) is 0.592. The molecule has 0 aliphatic heterocycles. The fourth-order valence-electron chi connectivity index (χ4n) is 0.790. The number of hydrogen-bond acceptors (Lipinski definition) is 1. The van der Waals surface area contributed by atoms with Gasteiger partial charge in [0.25, 0.3) is 0 Å². The molecule has 0 saturated heterocycles. The Morgan fingerprint density at radius 3 is 2.50 bits per heavy atom. The summed E-state index contributed by atoms with van der Waals surface area (Å²) < 4.78 is 0. The van der Waals surface area contributed by atoms with Gasteiger partial charge in [-0.25, -0.2) is 0 Å². The standard InChI is InChI=1S/C9H15N/c1-4-6-8(3)9(5-2)7-10/h4-6H,1,7,10H2,2-3H3/b8-6-,9-5-. The summed E-state index contributed by atoms with van der Waals surface area (Å²) in [5, 5.41) is 0. The molecule has 0 fully saturated rings. The summed E-state index contributed by atoms with van der Waals surface area (Å²) in [4.78, 5) is 0. The molecule has 0 aliphatic rings. The van der Waals surface area contributed by atoms with E-state index in [2.05, 4.69) is 6.58 Å². The van der Waals surface area contributed by atoms with Gasteiger partial charge in [0.2, 0.25) is 0 Å². The number of nitrogens with two attached hydrogens (primary N) is 1. The Balaban J connectivity index is 4.30. The molecule has 0 spiro atoms. The molecule has 0 heterocycles. The van der Waals surface area contributed by atoms with Crippen LogP contribution in [0.15, 0.2) is 36.0 Å². The summed E-state index contributed by atoms with van der Waals surface area (Å²) in [6.45, 7) is 8.23. The summed E-state index contributed by atoms with van der Waals surface area (Å²) in [5.41, 5.74) is 7.85. The predicted octanol–water partition coefficient (Wildman–Crippen LogP) is 2.02. The summed E-state index contributed by atoms with van der Waals surface area (Å²) >= 11 is 0. The first-order chi connectivity index (χ1) is 4.76. The summed E-state index contributed by atoms with van der Waals surface area (Å²) in [6, 6.07) is 0. The minimum absolute atomic E-state index is 0.604. The third kappa shape index (κ3) is 2.65. The van der Waals surface area contributed by atoms with Gasteiger partial charge in [-0.3, -0.25) is 0 Å². The van der Waals surface area contributed by atoms with Crippen LogP contribution in [-0.4, -0.2) is 6.54 Å². The molecule has 0 atom stereocenters. The summed E-state index contributed by atoms with van der Waals surface area (Å²) in [6.07, 6.45) is 5.76. The molecule has 0 saturated carbocycles. The summed E-state index contributed by atoms with van der Waals surface area (Å²) in [7, 11) is 0. The van der Waals surface area contributed by atoms with Gasteiger partial charge in [0.1, 0.15) is 0 Å². The van der Waals surface area contributed by atoms with Crippen LogP contribution in [0.1, 0.15) is 13.8 Å². The molecule has 0 aromatic heterocycles. The van der Waals surface area contributed by atoms with Gasteiger partial charge in [-0.05, 0) is 25.0 Å². The summed E-state index contributed by atoms with van der Waals surface area (Å²) in [5.74, 6) is 0. The number of rotatable bonds is 3. The van der Waals surface area contributed by atoms with E-state index in [4.69, 9.17) is 5.73 Å². The van der Waals surface area contributed by atoms with Crippen LogP contribution in [0, 0.1) is 0 Å². The number of hydrogen-bond donors (Lipinski definition) is 1. The Kier molecular flexibility index (Phi) is 4.59. The first-order valence-corrected chi connectivity index (χ1v) is 3.41. The lowest BCUT2D eigenvalue weighted by Crippen LogP contribution is -2.03. The largest absolute Gasteiger partial charge is 0.326 e. The lowest BCUT2D eigenvalue weighted by molar-refractivity contribution is 1.13. The fraction of sp³-hybridized carbons (Fsp3) is 0.333. The molecule has 0 aromatic carbocycles. The minimum Gasteiger partial charge on any atom is -0.326 e. The van der Waals surface area contributed by atoms with Crippen LogP contribution < -0.4 is 5.73 Å². The molecule has 1 heteroatoms. The zero-order chi connectivity index (χ0) is 7.98. The van der Waals surface area contributed by atoms with Crippen molar-refractivity contribution in [1.82, 2.24) is 0 Å². The zero-order valence-corrected chi connectivity index (χ0v) is 6.72. The molecule has 0 rings (SSSR count). The van der Waals surface area contributed by atoms with Gasteiger partial charge >= 0.3 is 0 Å². The molecule has 0 aliphatic carbocycles. The molecule has 0 unspecified atom stereocenters. The monoisotopic (exact) mass is 137 g/mol. The highest BCUT2D eigenvalue weighted by molar-refractivity contribution is 5.31. The van der Waals surface area contributed by atoms with Crippen molar-refractivity contribution in [1.29, 1.82) is 0 Å². The van der Waals surface area contributed by atoms with Gasteiger partial charge in [-0.2, -0.15) is 0 Å². The Morgan fingerprint density at radius 1 is 1.60 bits per heavy atom. The zero-order valence-electron chi connectivity index (χ0n) is 6.72. The molecular weight excluding hydrogens is 122 g/mol. The van der Waals surface area contributed by atoms with Crippen molar-refractivity contribution < 1.29 is 0 Å². The maximum absolute atomic E-state index is 5.47. The van der Waals surface area contributed by atoms with Crippen molar-refractivity contribution in [3.8, 4) is 0 Å². The van der Waals surface area contributed by atoms with Crippen molar-refractivity contribution in [2.75, 3.05) is 6.54 Å². The highest BCUT2D eigenvalue weighted by Gasteiger charge is 1.92. The second-order valence-corrected chi connectivity index (χ2v) is 2.10. The molecule has 0 bridgehead atoms. The van der Waals surface area contributed by atoms with Crippen molar-refractivity contribution in [3.05, 3.63) is 36.0 Å². The molecular formula is C9H15N. The van der Waals surface area contributed by atoms with E-state index in [0.717, 1.165) is 0 Å². The Hall–Kier alpha value is -0.820. The second-order valence-electron chi connectivity index (χ2n) is 2.10. The van der Waals surface area contributed by atoms with Crippen LogP contribution in [0.2, 0.25) is 0 Å². The van der Waals surface area contributed by atoms with Crippen molar-refractivity contribution >= 4 is 0 Å². The third-order valence-electron chi connectivity index (χ3n) is 1.44. The second kappa shape index (κ2) is 5.00. The predicted molar refractivity (Wildman–Crippen MR) is 46.8 cm³/mol.